The summed E-state index contributed by atoms with van der Waals surface area (Å²) in [5.41, 5.74) is 0.556. The standard InChI is InChI=1S/C13H17F3O3/c1-2-19-12-6-4-3-5-10(12)11(17)7-8-18-9-13(14,15)16/h3-6,11,17H,2,7-9H2,1H3. The number of hydrogen-bond acceptors (Lipinski definition) is 3. The van der Waals surface area contributed by atoms with Gasteiger partial charge in [0.1, 0.15) is 12.4 Å². The summed E-state index contributed by atoms with van der Waals surface area (Å²) in [5, 5.41) is 9.92. The second-order valence-corrected chi connectivity index (χ2v) is 3.94. The number of para-hydroxylation sites is 1. The highest BCUT2D eigenvalue weighted by Gasteiger charge is 2.27. The van der Waals surface area contributed by atoms with Crippen molar-refractivity contribution in [2.75, 3.05) is 19.8 Å². The number of rotatable bonds is 7. The van der Waals surface area contributed by atoms with E-state index in [2.05, 4.69) is 4.74 Å². The number of aliphatic hydroxyl groups excluding tert-OH is 1. The Balaban J connectivity index is 2.47. The Morgan fingerprint density at radius 2 is 1.95 bits per heavy atom. The van der Waals surface area contributed by atoms with Crippen LogP contribution in [-0.4, -0.2) is 31.1 Å². The van der Waals surface area contributed by atoms with Crippen LogP contribution in [0.2, 0.25) is 0 Å². The third-order valence-corrected chi connectivity index (χ3v) is 2.38. The lowest BCUT2D eigenvalue weighted by Crippen LogP contribution is -2.18. The lowest BCUT2D eigenvalue weighted by molar-refractivity contribution is -0.175. The van der Waals surface area contributed by atoms with Crippen molar-refractivity contribution in [3.63, 3.8) is 0 Å². The van der Waals surface area contributed by atoms with Crippen LogP contribution in [0.4, 0.5) is 13.2 Å². The summed E-state index contributed by atoms with van der Waals surface area (Å²) < 4.78 is 45.4. The Hall–Kier alpha value is -1.27. The van der Waals surface area contributed by atoms with Crippen molar-refractivity contribution < 1.29 is 27.8 Å². The molecule has 1 aromatic rings. The van der Waals surface area contributed by atoms with E-state index in [0.29, 0.717) is 17.9 Å². The van der Waals surface area contributed by atoms with Gasteiger partial charge in [-0.2, -0.15) is 13.2 Å². The predicted molar refractivity (Wildman–Crippen MR) is 64.1 cm³/mol. The summed E-state index contributed by atoms with van der Waals surface area (Å²) in [6.07, 6.45) is -5.16. The van der Waals surface area contributed by atoms with Gasteiger partial charge in [0, 0.05) is 18.6 Å². The third kappa shape index (κ3) is 5.94. The third-order valence-electron chi connectivity index (χ3n) is 2.38. The summed E-state index contributed by atoms with van der Waals surface area (Å²) >= 11 is 0. The van der Waals surface area contributed by atoms with Crippen LogP contribution >= 0.6 is 0 Å². The molecule has 0 bridgehead atoms. The number of hydrogen-bond donors (Lipinski definition) is 1. The highest BCUT2D eigenvalue weighted by molar-refractivity contribution is 5.35. The molecule has 0 spiro atoms. The van der Waals surface area contributed by atoms with Gasteiger partial charge in [-0.25, -0.2) is 0 Å². The van der Waals surface area contributed by atoms with Crippen molar-refractivity contribution in [1.82, 2.24) is 0 Å². The topological polar surface area (TPSA) is 38.7 Å². The monoisotopic (exact) mass is 278 g/mol. The number of aliphatic hydroxyl groups is 1. The van der Waals surface area contributed by atoms with E-state index in [4.69, 9.17) is 4.74 Å². The minimum Gasteiger partial charge on any atom is -0.493 e. The van der Waals surface area contributed by atoms with Crippen LogP contribution in [-0.2, 0) is 4.74 Å². The normalized spacial score (nSPS) is 13.3. The van der Waals surface area contributed by atoms with E-state index in [1.54, 1.807) is 24.3 Å². The van der Waals surface area contributed by atoms with Crippen LogP contribution in [0.15, 0.2) is 24.3 Å². The molecule has 19 heavy (non-hydrogen) atoms. The van der Waals surface area contributed by atoms with E-state index in [-0.39, 0.29) is 13.0 Å². The maximum atomic E-state index is 11.9. The summed E-state index contributed by atoms with van der Waals surface area (Å²) in [7, 11) is 0. The fourth-order valence-corrected chi connectivity index (χ4v) is 1.58. The van der Waals surface area contributed by atoms with Crippen molar-refractivity contribution in [1.29, 1.82) is 0 Å². The fourth-order valence-electron chi connectivity index (χ4n) is 1.58. The average Bonchev–Trinajstić information content (AvgIpc) is 2.34. The lowest BCUT2D eigenvalue weighted by Gasteiger charge is -2.16. The van der Waals surface area contributed by atoms with E-state index in [9.17, 15) is 18.3 Å². The van der Waals surface area contributed by atoms with E-state index in [1.807, 2.05) is 6.92 Å². The number of ether oxygens (including phenoxy) is 2. The zero-order valence-electron chi connectivity index (χ0n) is 10.6. The molecule has 6 heteroatoms. The van der Waals surface area contributed by atoms with E-state index in [1.165, 1.54) is 0 Å². The van der Waals surface area contributed by atoms with Gasteiger partial charge in [-0.15, -0.1) is 0 Å². The van der Waals surface area contributed by atoms with Gasteiger partial charge in [-0.05, 0) is 13.0 Å². The molecule has 0 amide bonds. The molecule has 108 valence electrons. The molecule has 3 nitrogen and oxygen atoms in total. The van der Waals surface area contributed by atoms with Gasteiger partial charge in [0.2, 0.25) is 0 Å². The van der Waals surface area contributed by atoms with E-state index in [0.717, 1.165) is 0 Å². The number of benzene rings is 1. The second kappa shape index (κ2) is 7.35. The van der Waals surface area contributed by atoms with E-state index >= 15 is 0 Å². The first-order chi connectivity index (χ1) is 8.94. The maximum Gasteiger partial charge on any atom is 0.411 e. The first kappa shape index (κ1) is 15.8. The minimum atomic E-state index is -4.34. The predicted octanol–water partition coefficient (Wildman–Crippen LogP) is 3.09. The van der Waals surface area contributed by atoms with Crippen molar-refractivity contribution in [2.45, 2.75) is 25.6 Å². The molecule has 0 fully saturated rings. The molecular weight excluding hydrogens is 261 g/mol. The zero-order valence-corrected chi connectivity index (χ0v) is 10.6. The van der Waals surface area contributed by atoms with Crippen molar-refractivity contribution in [3.8, 4) is 5.75 Å². The lowest BCUT2D eigenvalue weighted by atomic mass is 10.1. The molecule has 0 heterocycles. The summed E-state index contributed by atoms with van der Waals surface area (Å²) in [4.78, 5) is 0. The van der Waals surface area contributed by atoms with Gasteiger partial charge in [0.25, 0.3) is 0 Å². The molecule has 0 saturated heterocycles. The van der Waals surface area contributed by atoms with Gasteiger partial charge in [0.05, 0.1) is 12.7 Å². The molecule has 0 aliphatic carbocycles. The van der Waals surface area contributed by atoms with Crippen LogP contribution in [0.3, 0.4) is 0 Å². The summed E-state index contributed by atoms with van der Waals surface area (Å²) in [6, 6.07) is 6.89. The van der Waals surface area contributed by atoms with E-state index < -0.39 is 18.9 Å². The van der Waals surface area contributed by atoms with Crippen LogP contribution in [0.25, 0.3) is 0 Å². The number of halogens is 3. The Morgan fingerprint density at radius 3 is 2.58 bits per heavy atom. The van der Waals surface area contributed by atoms with Crippen LogP contribution in [0.5, 0.6) is 5.75 Å². The Morgan fingerprint density at radius 1 is 1.26 bits per heavy atom. The molecule has 0 radical (unpaired) electrons. The Kier molecular flexibility index (Phi) is 6.11. The van der Waals surface area contributed by atoms with Crippen LogP contribution in [0, 0.1) is 0 Å². The Labute approximate surface area is 110 Å². The van der Waals surface area contributed by atoms with Crippen LogP contribution < -0.4 is 4.74 Å². The van der Waals surface area contributed by atoms with Gasteiger partial charge in [-0.1, -0.05) is 18.2 Å². The second-order valence-electron chi connectivity index (χ2n) is 3.94. The first-order valence-corrected chi connectivity index (χ1v) is 5.98. The van der Waals surface area contributed by atoms with Crippen molar-refractivity contribution >= 4 is 0 Å². The average molecular weight is 278 g/mol. The van der Waals surface area contributed by atoms with Crippen LogP contribution in [0.1, 0.15) is 25.0 Å². The highest BCUT2D eigenvalue weighted by atomic mass is 19.4. The number of alkyl halides is 3. The summed E-state index contributed by atoms with van der Waals surface area (Å²) in [5.74, 6) is 0.535. The molecule has 1 rings (SSSR count). The largest absolute Gasteiger partial charge is 0.493 e. The maximum absolute atomic E-state index is 11.9. The van der Waals surface area contributed by atoms with Crippen molar-refractivity contribution in [2.24, 2.45) is 0 Å². The molecule has 1 unspecified atom stereocenters. The zero-order chi connectivity index (χ0) is 14.3. The summed E-state index contributed by atoms with van der Waals surface area (Å²) in [6.45, 7) is 0.803. The molecular formula is C13H17F3O3. The molecule has 1 aromatic carbocycles. The van der Waals surface area contributed by atoms with Crippen molar-refractivity contribution in [3.05, 3.63) is 29.8 Å². The van der Waals surface area contributed by atoms with Gasteiger partial charge in [-0.3, -0.25) is 0 Å². The molecule has 0 saturated carbocycles. The Bertz CT molecular complexity index is 380. The van der Waals surface area contributed by atoms with Gasteiger partial charge >= 0.3 is 6.18 Å². The smallest absolute Gasteiger partial charge is 0.411 e. The van der Waals surface area contributed by atoms with Gasteiger partial charge in [0.15, 0.2) is 0 Å². The molecule has 1 N–H and O–H groups in total. The molecule has 0 aliphatic rings. The first-order valence-electron chi connectivity index (χ1n) is 5.98. The SMILES string of the molecule is CCOc1ccccc1C(O)CCOCC(F)(F)F. The molecule has 0 aliphatic heterocycles. The highest BCUT2D eigenvalue weighted by Crippen LogP contribution is 2.27. The minimum absolute atomic E-state index is 0.0835. The van der Waals surface area contributed by atoms with Gasteiger partial charge < -0.3 is 14.6 Å². The molecule has 1 atom stereocenters. The fraction of sp³-hybridized carbons (Fsp3) is 0.538. The molecule has 0 aromatic heterocycles. The quantitative estimate of drug-likeness (QED) is 0.779.